The number of amides is 4. The largest absolute Gasteiger partial charge is 0.459 e. The summed E-state index contributed by atoms with van der Waals surface area (Å²) >= 11 is 0. The number of rotatable bonds is 6. The van der Waals surface area contributed by atoms with Gasteiger partial charge in [0.15, 0.2) is 0 Å². The third-order valence-corrected chi connectivity index (χ3v) is 6.40. The average Bonchev–Trinajstić information content (AvgIpc) is 3.03. The van der Waals surface area contributed by atoms with E-state index in [-0.39, 0.29) is 18.8 Å². The molecule has 2 heterocycles. The molecule has 4 rings (SSSR count). The fraction of sp³-hybridized carbons (Fsp3) is 0.458. The van der Waals surface area contributed by atoms with E-state index in [0.29, 0.717) is 35.4 Å². The number of carbonyl (C=O) groups is 4. The summed E-state index contributed by atoms with van der Waals surface area (Å²) in [6.07, 6.45) is 2.09. The lowest BCUT2D eigenvalue weighted by Gasteiger charge is -2.33. The van der Waals surface area contributed by atoms with Crippen molar-refractivity contribution in [3.63, 3.8) is 0 Å². The van der Waals surface area contributed by atoms with Crippen molar-refractivity contribution in [2.24, 2.45) is 5.92 Å². The van der Waals surface area contributed by atoms with E-state index in [4.69, 9.17) is 13.9 Å². The van der Waals surface area contributed by atoms with Crippen molar-refractivity contribution in [3.8, 4) is 0 Å². The van der Waals surface area contributed by atoms with Crippen LogP contribution in [-0.2, 0) is 25.7 Å². The molecule has 35 heavy (non-hydrogen) atoms. The number of hydrogen-bond donors (Lipinski definition) is 2. The third kappa shape index (κ3) is 5.13. The van der Waals surface area contributed by atoms with Crippen molar-refractivity contribution < 1.29 is 33.1 Å². The smallest absolute Gasteiger partial charge is 0.411 e. The molecule has 11 nitrogen and oxygen atoms in total. The van der Waals surface area contributed by atoms with E-state index in [1.165, 1.54) is 12.1 Å². The zero-order valence-electron chi connectivity index (χ0n) is 19.5. The van der Waals surface area contributed by atoms with Gasteiger partial charge in [-0.25, -0.2) is 14.4 Å². The molecule has 4 amide bonds. The molecule has 2 N–H and O–H groups in total. The van der Waals surface area contributed by atoms with Crippen LogP contribution in [0.3, 0.4) is 0 Å². The summed E-state index contributed by atoms with van der Waals surface area (Å²) in [7, 11) is 0. The molecular weight excluding hydrogens is 458 g/mol. The molecule has 1 saturated carbocycles. The molecule has 1 spiro atoms. The molecule has 0 atom stereocenters. The fourth-order valence-corrected chi connectivity index (χ4v) is 4.46. The number of ether oxygens (including phenoxy) is 2. The second-order valence-electron chi connectivity index (χ2n) is 8.89. The van der Waals surface area contributed by atoms with Gasteiger partial charge in [0.25, 0.3) is 5.91 Å². The van der Waals surface area contributed by atoms with Crippen molar-refractivity contribution >= 4 is 40.7 Å². The average molecular weight is 485 g/mol. The van der Waals surface area contributed by atoms with Crippen LogP contribution < -0.4 is 16.3 Å². The number of hydrogen-bond acceptors (Lipinski definition) is 8. The summed E-state index contributed by atoms with van der Waals surface area (Å²) in [5.41, 5.74) is -0.687. The van der Waals surface area contributed by atoms with Crippen LogP contribution in [0.5, 0.6) is 0 Å². The molecule has 0 unspecified atom stereocenters. The molecule has 0 radical (unpaired) electrons. The topological polar surface area (TPSA) is 144 Å². The van der Waals surface area contributed by atoms with E-state index in [2.05, 4.69) is 17.6 Å². The first-order chi connectivity index (χ1) is 16.7. The Bertz CT molecular complexity index is 1230. The molecule has 1 aliphatic carbocycles. The maximum Gasteiger partial charge on any atom is 0.411 e. The zero-order valence-corrected chi connectivity index (χ0v) is 19.5. The molecule has 1 aromatic carbocycles. The predicted octanol–water partition coefficient (Wildman–Crippen LogP) is 2.91. The van der Waals surface area contributed by atoms with E-state index in [1.807, 2.05) is 0 Å². The van der Waals surface area contributed by atoms with Crippen LogP contribution in [0.15, 0.2) is 33.5 Å². The quantitative estimate of drug-likeness (QED) is 0.361. The number of imide groups is 1. The van der Waals surface area contributed by atoms with Gasteiger partial charge in [0, 0.05) is 28.8 Å². The minimum Gasteiger partial charge on any atom is -0.459 e. The van der Waals surface area contributed by atoms with E-state index < -0.39 is 41.7 Å². The summed E-state index contributed by atoms with van der Waals surface area (Å²) in [6.45, 7) is 3.20. The number of nitrogens with one attached hydrogen (secondary N) is 2. The molecule has 2 aliphatic rings. The minimum atomic E-state index is -0.937. The molecule has 2 aromatic rings. The number of esters is 1. The Morgan fingerprint density at radius 3 is 2.63 bits per heavy atom. The van der Waals surface area contributed by atoms with Crippen molar-refractivity contribution in [1.29, 1.82) is 0 Å². The molecule has 2 fully saturated rings. The van der Waals surface area contributed by atoms with Crippen LogP contribution >= 0.6 is 0 Å². The third-order valence-electron chi connectivity index (χ3n) is 6.40. The van der Waals surface area contributed by atoms with Crippen molar-refractivity contribution in [2.45, 2.75) is 51.7 Å². The Labute approximate surface area is 200 Å². The van der Waals surface area contributed by atoms with Crippen LogP contribution in [0.4, 0.5) is 15.3 Å². The van der Waals surface area contributed by atoms with Gasteiger partial charge >= 0.3 is 23.7 Å². The summed E-state index contributed by atoms with van der Waals surface area (Å²) in [5, 5.41) is 5.78. The first kappa shape index (κ1) is 24.2. The van der Waals surface area contributed by atoms with Crippen molar-refractivity contribution in [3.05, 3.63) is 40.2 Å². The number of anilines is 1. The lowest BCUT2D eigenvalue weighted by Crippen LogP contribution is -2.49. The first-order valence-electron chi connectivity index (χ1n) is 11.5. The first-order valence-corrected chi connectivity index (χ1v) is 11.5. The lowest BCUT2D eigenvalue weighted by atomic mass is 9.77. The SMILES string of the molecule is CCOC(=O)Nc1ccc2c(COC(=O)CN3C(=O)NC4(CCC(C)CC4)C3=O)cc(=O)oc2c1. The minimum absolute atomic E-state index is 0.181. The Balaban J connectivity index is 1.42. The maximum atomic E-state index is 12.9. The molecule has 1 aromatic heterocycles. The van der Waals surface area contributed by atoms with Gasteiger partial charge in [-0.15, -0.1) is 0 Å². The Morgan fingerprint density at radius 2 is 1.91 bits per heavy atom. The van der Waals surface area contributed by atoms with E-state index >= 15 is 0 Å². The molecule has 1 aliphatic heterocycles. The summed E-state index contributed by atoms with van der Waals surface area (Å²) < 4.78 is 15.3. The number of urea groups is 1. The highest BCUT2D eigenvalue weighted by atomic mass is 16.5. The summed E-state index contributed by atoms with van der Waals surface area (Å²) in [5.74, 6) is -0.699. The van der Waals surface area contributed by atoms with Gasteiger partial charge < -0.3 is 19.2 Å². The number of benzene rings is 1. The summed E-state index contributed by atoms with van der Waals surface area (Å²) in [6, 6.07) is 5.24. The maximum absolute atomic E-state index is 12.9. The highest BCUT2D eigenvalue weighted by Crippen LogP contribution is 2.36. The number of carbonyl (C=O) groups excluding carboxylic acids is 4. The van der Waals surface area contributed by atoms with E-state index in [0.717, 1.165) is 17.7 Å². The Morgan fingerprint density at radius 1 is 1.17 bits per heavy atom. The Kier molecular flexibility index (Phi) is 6.77. The second-order valence-corrected chi connectivity index (χ2v) is 8.89. The predicted molar refractivity (Wildman–Crippen MR) is 124 cm³/mol. The van der Waals surface area contributed by atoms with Gasteiger partial charge in [0.1, 0.15) is 24.3 Å². The van der Waals surface area contributed by atoms with Gasteiger partial charge in [-0.05, 0) is 50.7 Å². The number of fused-ring (bicyclic) bond motifs is 1. The van der Waals surface area contributed by atoms with Crippen LogP contribution in [-0.4, -0.2) is 47.6 Å². The van der Waals surface area contributed by atoms with Gasteiger partial charge in [0.05, 0.1) is 6.61 Å². The van der Waals surface area contributed by atoms with Crippen LogP contribution in [0.25, 0.3) is 11.0 Å². The molecular formula is C24H27N3O8. The molecule has 186 valence electrons. The van der Waals surface area contributed by atoms with Crippen LogP contribution in [0.1, 0.15) is 45.1 Å². The van der Waals surface area contributed by atoms with Crippen molar-refractivity contribution in [2.75, 3.05) is 18.5 Å². The molecule has 11 heteroatoms. The summed E-state index contributed by atoms with van der Waals surface area (Å²) in [4.78, 5) is 62.4. The van der Waals surface area contributed by atoms with Gasteiger partial charge in [-0.1, -0.05) is 6.92 Å². The zero-order chi connectivity index (χ0) is 25.2. The Hall–Kier alpha value is -3.89. The second kappa shape index (κ2) is 9.77. The van der Waals surface area contributed by atoms with Gasteiger partial charge in [0.2, 0.25) is 0 Å². The normalized spacial score (nSPS) is 21.8. The van der Waals surface area contributed by atoms with Crippen molar-refractivity contribution in [1.82, 2.24) is 10.2 Å². The van der Waals surface area contributed by atoms with Gasteiger partial charge in [-0.2, -0.15) is 0 Å². The lowest BCUT2D eigenvalue weighted by molar-refractivity contribution is -0.149. The molecule has 0 bridgehead atoms. The highest BCUT2D eigenvalue weighted by molar-refractivity contribution is 6.08. The van der Waals surface area contributed by atoms with Gasteiger partial charge in [-0.3, -0.25) is 19.8 Å². The molecule has 1 saturated heterocycles. The van der Waals surface area contributed by atoms with E-state index in [1.54, 1.807) is 19.1 Å². The van der Waals surface area contributed by atoms with Crippen LogP contribution in [0.2, 0.25) is 0 Å². The van der Waals surface area contributed by atoms with Crippen LogP contribution in [0, 0.1) is 5.92 Å². The number of nitrogens with zero attached hydrogens (tertiary/aromatic N) is 1. The monoisotopic (exact) mass is 485 g/mol. The standard InChI is InChI=1S/C24H27N3O8/c1-3-33-23(32)25-16-4-5-17-15(10-19(28)35-18(17)11-16)13-34-20(29)12-27-21(30)24(26-22(27)31)8-6-14(2)7-9-24/h4-5,10-11,14H,3,6-9,12-13H2,1-2H3,(H,25,32)(H,26,31). The van der Waals surface area contributed by atoms with E-state index in [9.17, 15) is 24.0 Å². The fourth-order valence-electron chi connectivity index (χ4n) is 4.46. The highest BCUT2D eigenvalue weighted by Gasteiger charge is 2.52.